The molecule has 0 unspecified atom stereocenters. The van der Waals surface area contributed by atoms with E-state index in [1.54, 1.807) is 18.2 Å². The first-order valence-corrected chi connectivity index (χ1v) is 8.21. The van der Waals surface area contributed by atoms with Gasteiger partial charge in [-0.05, 0) is 54.8 Å². The molecule has 2 aromatic rings. The molecule has 0 atom stereocenters. The number of hydrogen-bond donors (Lipinski definition) is 1. The molecule has 1 aliphatic heterocycles. The SMILES string of the molecule is Cc1ccc(N2NC(=O)C(=CC=Cc3ccccc3Cl)C2=O)cc1C. The van der Waals surface area contributed by atoms with Crippen molar-refractivity contribution in [3.8, 4) is 0 Å². The standard InChI is InChI=1S/C20H17ClN2O2/c1-13-10-11-16(12-14(13)2)23-20(25)17(19(24)22-23)8-5-7-15-6-3-4-9-18(15)21/h3-12H,1-2H3,(H,22,24). The summed E-state index contributed by atoms with van der Waals surface area (Å²) in [6, 6.07) is 12.9. The van der Waals surface area contributed by atoms with E-state index in [9.17, 15) is 9.59 Å². The highest BCUT2D eigenvalue weighted by molar-refractivity contribution is 6.32. The molecular weight excluding hydrogens is 336 g/mol. The third-order valence-electron chi connectivity index (χ3n) is 4.08. The van der Waals surface area contributed by atoms with Gasteiger partial charge in [-0.15, -0.1) is 0 Å². The van der Waals surface area contributed by atoms with Crippen molar-refractivity contribution in [2.75, 3.05) is 5.01 Å². The number of nitrogens with zero attached hydrogens (tertiary/aromatic N) is 1. The van der Waals surface area contributed by atoms with E-state index >= 15 is 0 Å². The molecule has 1 N–H and O–H groups in total. The summed E-state index contributed by atoms with van der Waals surface area (Å²) in [5.41, 5.74) is 6.31. The van der Waals surface area contributed by atoms with Crippen molar-refractivity contribution in [3.05, 3.63) is 81.9 Å². The number of aryl methyl sites for hydroxylation is 2. The van der Waals surface area contributed by atoms with Crippen molar-refractivity contribution in [1.29, 1.82) is 0 Å². The van der Waals surface area contributed by atoms with Gasteiger partial charge >= 0.3 is 0 Å². The van der Waals surface area contributed by atoms with Gasteiger partial charge in [-0.2, -0.15) is 0 Å². The average molecular weight is 353 g/mol. The molecule has 1 aliphatic rings. The number of halogens is 1. The van der Waals surface area contributed by atoms with Gasteiger partial charge in [-0.25, -0.2) is 5.01 Å². The molecule has 0 radical (unpaired) electrons. The number of allylic oxidation sites excluding steroid dienone is 2. The monoisotopic (exact) mass is 352 g/mol. The number of hydrogen-bond acceptors (Lipinski definition) is 2. The summed E-state index contributed by atoms with van der Waals surface area (Å²) in [4.78, 5) is 24.7. The minimum Gasteiger partial charge on any atom is -0.267 e. The Balaban J connectivity index is 1.83. The Kier molecular flexibility index (Phi) is 4.72. The van der Waals surface area contributed by atoms with Crippen molar-refractivity contribution < 1.29 is 9.59 Å². The van der Waals surface area contributed by atoms with Gasteiger partial charge < -0.3 is 0 Å². The molecule has 0 spiro atoms. The smallest absolute Gasteiger partial charge is 0.267 e. The lowest BCUT2D eigenvalue weighted by molar-refractivity contribution is -0.117. The molecule has 0 bridgehead atoms. The van der Waals surface area contributed by atoms with Crippen LogP contribution in [-0.2, 0) is 9.59 Å². The van der Waals surface area contributed by atoms with Gasteiger partial charge in [0.05, 0.1) is 5.69 Å². The van der Waals surface area contributed by atoms with Crippen LogP contribution >= 0.6 is 11.6 Å². The Bertz CT molecular complexity index is 916. The van der Waals surface area contributed by atoms with Gasteiger partial charge in [-0.1, -0.05) is 48.0 Å². The first kappa shape index (κ1) is 17.0. The Hall–Kier alpha value is -2.85. The molecule has 126 valence electrons. The molecule has 2 aromatic carbocycles. The summed E-state index contributed by atoms with van der Waals surface area (Å²) in [5, 5.41) is 1.88. The Morgan fingerprint density at radius 2 is 1.80 bits per heavy atom. The number of anilines is 1. The highest BCUT2D eigenvalue weighted by Gasteiger charge is 2.34. The van der Waals surface area contributed by atoms with E-state index < -0.39 is 5.91 Å². The van der Waals surface area contributed by atoms with Gasteiger partial charge in [0, 0.05) is 5.02 Å². The van der Waals surface area contributed by atoms with Gasteiger partial charge in [0.1, 0.15) is 5.57 Å². The zero-order chi connectivity index (χ0) is 18.0. The normalized spacial score (nSPS) is 16.1. The molecule has 25 heavy (non-hydrogen) atoms. The van der Waals surface area contributed by atoms with E-state index in [2.05, 4.69) is 5.43 Å². The van der Waals surface area contributed by atoms with Crippen molar-refractivity contribution >= 4 is 35.2 Å². The molecular formula is C20H17ClN2O2. The minimum atomic E-state index is -0.424. The molecule has 1 fully saturated rings. The fraction of sp³-hybridized carbons (Fsp3) is 0.100. The average Bonchev–Trinajstić information content (AvgIpc) is 2.87. The van der Waals surface area contributed by atoms with Crippen LogP contribution in [0.5, 0.6) is 0 Å². The van der Waals surface area contributed by atoms with Crippen LogP contribution in [0.2, 0.25) is 5.02 Å². The molecule has 4 nitrogen and oxygen atoms in total. The number of benzene rings is 2. The molecule has 1 saturated heterocycles. The van der Waals surface area contributed by atoms with E-state index in [1.807, 2.05) is 50.2 Å². The van der Waals surface area contributed by atoms with Crippen LogP contribution in [0.1, 0.15) is 16.7 Å². The highest BCUT2D eigenvalue weighted by Crippen LogP contribution is 2.23. The first-order chi connectivity index (χ1) is 12.0. The fourth-order valence-electron chi connectivity index (χ4n) is 2.48. The van der Waals surface area contributed by atoms with Crippen LogP contribution in [0.3, 0.4) is 0 Å². The molecule has 2 amide bonds. The Morgan fingerprint density at radius 3 is 2.52 bits per heavy atom. The van der Waals surface area contributed by atoms with E-state index in [4.69, 9.17) is 11.6 Å². The van der Waals surface area contributed by atoms with Crippen LogP contribution in [-0.4, -0.2) is 11.8 Å². The molecule has 5 heteroatoms. The zero-order valence-corrected chi connectivity index (χ0v) is 14.7. The van der Waals surface area contributed by atoms with Crippen molar-refractivity contribution in [1.82, 2.24) is 5.43 Å². The predicted octanol–water partition coefficient (Wildman–Crippen LogP) is 3.97. The number of hydrazine groups is 1. The van der Waals surface area contributed by atoms with Crippen LogP contribution < -0.4 is 10.4 Å². The summed E-state index contributed by atoms with van der Waals surface area (Å²) < 4.78 is 0. The molecule has 3 rings (SSSR count). The topological polar surface area (TPSA) is 49.4 Å². The third kappa shape index (κ3) is 3.49. The molecule has 0 aliphatic carbocycles. The van der Waals surface area contributed by atoms with E-state index in [-0.39, 0.29) is 11.5 Å². The number of rotatable bonds is 3. The number of amides is 2. The maximum atomic E-state index is 12.5. The Labute approximate surface area is 151 Å². The van der Waals surface area contributed by atoms with E-state index in [0.29, 0.717) is 10.7 Å². The lowest BCUT2D eigenvalue weighted by Gasteiger charge is -2.15. The quantitative estimate of drug-likeness (QED) is 0.671. The van der Waals surface area contributed by atoms with Gasteiger partial charge in [0.25, 0.3) is 11.8 Å². The maximum absolute atomic E-state index is 12.5. The van der Waals surface area contributed by atoms with Crippen molar-refractivity contribution in [2.24, 2.45) is 0 Å². The summed E-state index contributed by atoms with van der Waals surface area (Å²) in [5.74, 6) is -0.802. The molecule has 1 heterocycles. The second-order valence-electron chi connectivity index (χ2n) is 5.81. The van der Waals surface area contributed by atoms with Crippen LogP contribution in [0, 0.1) is 13.8 Å². The third-order valence-corrected chi connectivity index (χ3v) is 4.43. The van der Waals surface area contributed by atoms with Gasteiger partial charge in [-0.3, -0.25) is 15.0 Å². The van der Waals surface area contributed by atoms with Crippen LogP contribution in [0.15, 0.2) is 60.2 Å². The summed E-state index contributed by atoms with van der Waals surface area (Å²) in [7, 11) is 0. The second-order valence-corrected chi connectivity index (χ2v) is 6.22. The van der Waals surface area contributed by atoms with Crippen LogP contribution in [0.25, 0.3) is 6.08 Å². The Morgan fingerprint density at radius 1 is 1.04 bits per heavy atom. The summed E-state index contributed by atoms with van der Waals surface area (Å²) >= 11 is 6.08. The molecule has 0 aromatic heterocycles. The lowest BCUT2D eigenvalue weighted by atomic mass is 10.1. The highest BCUT2D eigenvalue weighted by atomic mass is 35.5. The van der Waals surface area contributed by atoms with Gasteiger partial charge in [0.15, 0.2) is 0 Å². The number of carbonyl (C=O) groups is 2. The summed E-state index contributed by atoms with van der Waals surface area (Å²) in [6.07, 6.45) is 4.91. The lowest BCUT2D eigenvalue weighted by Crippen LogP contribution is -2.35. The number of carbonyl (C=O) groups excluding carboxylic acids is 2. The first-order valence-electron chi connectivity index (χ1n) is 7.83. The summed E-state index contributed by atoms with van der Waals surface area (Å²) in [6.45, 7) is 3.96. The van der Waals surface area contributed by atoms with Gasteiger partial charge in [0.2, 0.25) is 0 Å². The maximum Gasteiger partial charge on any atom is 0.282 e. The number of nitrogens with one attached hydrogen (secondary N) is 1. The largest absolute Gasteiger partial charge is 0.282 e. The minimum absolute atomic E-state index is 0.0848. The van der Waals surface area contributed by atoms with E-state index in [1.165, 1.54) is 11.1 Å². The fourth-order valence-corrected chi connectivity index (χ4v) is 2.68. The van der Waals surface area contributed by atoms with Crippen LogP contribution in [0.4, 0.5) is 5.69 Å². The predicted molar refractivity (Wildman–Crippen MR) is 100 cm³/mol. The molecule has 0 saturated carbocycles. The van der Waals surface area contributed by atoms with Crippen molar-refractivity contribution in [3.63, 3.8) is 0 Å². The van der Waals surface area contributed by atoms with E-state index in [0.717, 1.165) is 16.7 Å². The zero-order valence-electron chi connectivity index (χ0n) is 13.9. The van der Waals surface area contributed by atoms with Crippen molar-refractivity contribution in [2.45, 2.75) is 13.8 Å². The second kappa shape index (κ2) is 6.95.